The molecular formula is C25H27F4N7O3S. The lowest BCUT2D eigenvalue weighted by Crippen LogP contribution is -2.29. The standard InChI is InChI=1S/C25H27F4N7O3S/c1-35-19(8-20(34-35)39-23(26)27)32-24-33-31-11-36(24)14-4-5-17-15(6-14)21(18(40-17)7-16(37)12-2-3-12)22(38)30-10-13-9-25(13,28)29/h8,11-14,23H,2-7,9-10H2,1H3,(H,30,38)(H,32,33)/t13-,14+/m1/s1. The SMILES string of the molecule is Cn1nc(OC(F)F)cc1Nc1nncn1[C@H]1CCc2sc(CC(=O)C3CC3)c(C(=O)NC[C@H]3CC3(F)F)c2C1. The summed E-state index contributed by atoms with van der Waals surface area (Å²) in [6, 6.07) is 1.16. The molecule has 3 aromatic rings. The number of aromatic nitrogens is 5. The highest BCUT2D eigenvalue weighted by Crippen LogP contribution is 2.48. The highest BCUT2D eigenvalue weighted by molar-refractivity contribution is 7.12. The van der Waals surface area contributed by atoms with Gasteiger partial charge in [-0.3, -0.25) is 14.2 Å². The van der Waals surface area contributed by atoms with E-state index in [0.29, 0.717) is 41.5 Å². The summed E-state index contributed by atoms with van der Waals surface area (Å²) >= 11 is 1.46. The Labute approximate surface area is 230 Å². The third kappa shape index (κ3) is 5.43. The van der Waals surface area contributed by atoms with Crippen LogP contribution in [0.4, 0.5) is 29.3 Å². The Kier molecular flexibility index (Phi) is 6.79. The number of hydrogen-bond donors (Lipinski definition) is 2. The molecule has 0 bridgehead atoms. The largest absolute Gasteiger partial charge is 0.415 e. The zero-order valence-corrected chi connectivity index (χ0v) is 22.3. The summed E-state index contributed by atoms with van der Waals surface area (Å²) in [5, 5.41) is 17.8. The molecule has 0 saturated heterocycles. The first-order chi connectivity index (χ1) is 19.1. The maximum atomic E-state index is 13.4. The van der Waals surface area contributed by atoms with Crippen LogP contribution in [0.2, 0.25) is 0 Å². The second kappa shape index (κ2) is 10.2. The topological polar surface area (TPSA) is 116 Å². The second-order valence-corrected chi connectivity index (χ2v) is 11.7. The van der Waals surface area contributed by atoms with Crippen molar-refractivity contribution in [3.8, 4) is 5.88 Å². The lowest BCUT2D eigenvalue weighted by atomic mass is 9.90. The average molecular weight is 582 g/mol. The number of anilines is 2. The molecule has 2 saturated carbocycles. The Bertz CT molecular complexity index is 1450. The van der Waals surface area contributed by atoms with Crippen molar-refractivity contribution < 1.29 is 31.9 Å². The van der Waals surface area contributed by atoms with Crippen LogP contribution in [0.3, 0.4) is 0 Å². The van der Waals surface area contributed by atoms with E-state index >= 15 is 0 Å². The van der Waals surface area contributed by atoms with E-state index in [2.05, 4.69) is 30.7 Å². The number of ketones is 1. The van der Waals surface area contributed by atoms with Crippen LogP contribution in [-0.4, -0.2) is 55.3 Å². The van der Waals surface area contributed by atoms with Crippen molar-refractivity contribution in [1.82, 2.24) is 29.9 Å². The molecule has 3 aromatic heterocycles. The number of halogens is 4. The predicted molar refractivity (Wildman–Crippen MR) is 135 cm³/mol. The molecule has 3 heterocycles. The monoisotopic (exact) mass is 581 g/mol. The summed E-state index contributed by atoms with van der Waals surface area (Å²) < 4.78 is 59.6. The van der Waals surface area contributed by atoms with E-state index in [1.165, 1.54) is 22.1 Å². The van der Waals surface area contributed by atoms with Crippen LogP contribution in [0, 0.1) is 11.8 Å². The number of hydrogen-bond acceptors (Lipinski definition) is 8. The van der Waals surface area contributed by atoms with Gasteiger partial charge in [0.1, 0.15) is 17.9 Å². The molecule has 0 spiro atoms. The van der Waals surface area contributed by atoms with Gasteiger partial charge in [-0.1, -0.05) is 0 Å². The normalized spacial score (nSPS) is 21.2. The van der Waals surface area contributed by atoms with Crippen LogP contribution >= 0.6 is 11.3 Å². The molecule has 0 aliphatic heterocycles. The maximum Gasteiger partial charge on any atom is 0.388 e. The minimum atomic E-state index is -3.01. The van der Waals surface area contributed by atoms with Crippen molar-refractivity contribution in [3.63, 3.8) is 0 Å². The number of carbonyl (C=O) groups is 2. The number of nitrogens with one attached hydrogen (secondary N) is 2. The van der Waals surface area contributed by atoms with E-state index in [-0.39, 0.29) is 43.0 Å². The van der Waals surface area contributed by atoms with Crippen LogP contribution in [0.5, 0.6) is 5.88 Å². The number of ether oxygens (including phenoxy) is 1. The zero-order valence-electron chi connectivity index (χ0n) is 21.5. The Balaban J connectivity index is 1.23. The van der Waals surface area contributed by atoms with E-state index in [1.807, 2.05) is 4.57 Å². The van der Waals surface area contributed by atoms with E-state index in [1.54, 1.807) is 13.4 Å². The molecule has 0 aromatic carbocycles. The minimum absolute atomic E-state index is 0.0391. The van der Waals surface area contributed by atoms with E-state index in [4.69, 9.17) is 0 Å². The van der Waals surface area contributed by atoms with Crippen LogP contribution in [0.1, 0.15) is 57.4 Å². The fourth-order valence-electron chi connectivity index (χ4n) is 5.17. The summed E-state index contributed by atoms with van der Waals surface area (Å²) in [7, 11) is 1.56. The van der Waals surface area contributed by atoms with Crippen molar-refractivity contribution >= 4 is 34.8 Å². The number of rotatable bonds is 11. The van der Waals surface area contributed by atoms with Gasteiger partial charge in [0.05, 0.1) is 5.56 Å². The van der Waals surface area contributed by atoms with Crippen molar-refractivity contribution in [2.75, 3.05) is 11.9 Å². The molecule has 3 aliphatic rings. The number of thiophene rings is 1. The van der Waals surface area contributed by atoms with E-state index in [9.17, 15) is 27.2 Å². The van der Waals surface area contributed by atoms with Gasteiger partial charge < -0.3 is 15.4 Å². The van der Waals surface area contributed by atoms with Gasteiger partial charge in [0.15, 0.2) is 0 Å². The highest BCUT2D eigenvalue weighted by atomic mass is 32.1. The second-order valence-electron chi connectivity index (χ2n) is 10.5. The number of fused-ring (bicyclic) bond motifs is 1. The average Bonchev–Trinajstić information content (AvgIpc) is 3.69. The first-order valence-corrected chi connectivity index (χ1v) is 13.9. The Morgan fingerprint density at radius 3 is 2.75 bits per heavy atom. The lowest BCUT2D eigenvalue weighted by Gasteiger charge is -2.25. The van der Waals surface area contributed by atoms with Gasteiger partial charge in [-0.2, -0.15) is 8.78 Å². The molecule has 10 nitrogen and oxygen atoms in total. The Morgan fingerprint density at radius 1 is 1.27 bits per heavy atom. The van der Waals surface area contributed by atoms with Gasteiger partial charge in [0.25, 0.3) is 11.8 Å². The molecule has 15 heteroatoms. The molecule has 0 unspecified atom stereocenters. The molecule has 3 aliphatic carbocycles. The first-order valence-electron chi connectivity index (χ1n) is 13.1. The molecule has 6 rings (SSSR count). The fraction of sp³-hybridized carbons (Fsp3) is 0.560. The first kappa shape index (κ1) is 26.7. The molecule has 1 amide bonds. The minimum Gasteiger partial charge on any atom is -0.415 e. The lowest BCUT2D eigenvalue weighted by molar-refractivity contribution is -0.119. The van der Waals surface area contributed by atoms with Crippen molar-refractivity contribution in [2.45, 2.75) is 63.5 Å². The summed E-state index contributed by atoms with van der Waals surface area (Å²) in [4.78, 5) is 27.7. The van der Waals surface area contributed by atoms with Crippen LogP contribution in [-0.2, 0) is 31.1 Å². The molecular weight excluding hydrogens is 554 g/mol. The number of carbonyl (C=O) groups excluding carboxylic acids is 2. The van der Waals surface area contributed by atoms with Crippen molar-refractivity contribution in [1.29, 1.82) is 0 Å². The van der Waals surface area contributed by atoms with Gasteiger partial charge in [0.2, 0.25) is 11.8 Å². The Hall–Kier alpha value is -3.49. The summed E-state index contributed by atoms with van der Waals surface area (Å²) in [6.07, 6.45) is 5.00. The molecule has 40 heavy (non-hydrogen) atoms. The van der Waals surface area contributed by atoms with Gasteiger partial charge in [-0.25, -0.2) is 13.5 Å². The Morgan fingerprint density at radius 2 is 2.05 bits per heavy atom. The van der Waals surface area contributed by atoms with Gasteiger partial charge in [-0.15, -0.1) is 26.6 Å². The van der Waals surface area contributed by atoms with Gasteiger partial charge in [0, 0.05) is 60.1 Å². The maximum absolute atomic E-state index is 13.4. The van der Waals surface area contributed by atoms with E-state index < -0.39 is 24.4 Å². The number of Topliss-reactive ketones (excluding diaryl/α,β-unsaturated/α-hetero) is 1. The highest BCUT2D eigenvalue weighted by Gasteiger charge is 2.56. The smallest absolute Gasteiger partial charge is 0.388 e. The van der Waals surface area contributed by atoms with Gasteiger partial charge >= 0.3 is 6.61 Å². The molecule has 2 atom stereocenters. The fourth-order valence-corrected chi connectivity index (χ4v) is 6.53. The number of alkyl halides is 4. The third-order valence-electron chi connectivity index (χ3n) is 7.64. The van der Waals surface area contributed by atoms with E-state index in [0.717, 1.165) is 23.3 Å². The van der Waals surface area contributed by atoms with Crippen molar-refractivity contribution in [2.24, 2.45) is 18.9 Å². The summed E-state index contributed by atoms with van der Waals surface area (Å²) in [5.74, 6) is -3.43. The van der Waals surface area contributed by atoms with Crippen LogP contribution in [0.15, 0.2) is 12.4 Å². The van der Waals surface area contributed by atoms with Crippen LogP contribution in [0.25, 0.3) is 0 Å². The molecule has 0 radical (unpaired) electrons. The zero-order chi connectivity index (χ0) is 28.2. The number of aryl methyl sites for hydroxylation is 2. The quantitative estimate of drug-likeness (QED) is 0.328. The molecule has 214 valence electrons. The van der Waals surface area contributed by atoms with Crippen molar-refractivity contribution in [3.05, 3.63) is 33.3 Å². The van der Waals surface area contributed by atoms with Crippen LogP contribution < -0.4 is 15.4 Å². The number of nitrogens with zero attached hydrogens (tertiary/aromatic N) is 5. The summed E-state index contributed by atoms with van der Waals surface area (Å²) in [5.41, 5.74) is 1.23. The molecule has 2 N–H and O–H groups in total. The predicted octanol–water partition coefficient (Wildman–Crippen LogP) is 4.05. The number of amides is 1. The summed E-state index contributed by atoms with van der Waals surface area (Å²) in [6.45, 7) is -3.12. The molecule has 2 fully saturated rings. The van der Waals surface area contributed by atoms with Gasteiger partial charge in [-0.05, 0) is 37.7 Å². The third-order valence-corrected chi connectivity index (χ3v) is 8.93.